The lowest BCUT2D eigenvalue weighted by Gasteiger charge is -2.11. The zero-order chi connectivity index (χ0) is 20.2. The van der Waals surface area contributed by atoms with E-state index >= 15 is 0 Å². The second kappa shape index (κ2) is 8.04. The molecule has 0 radical (unpaired) electrons. The maximum absolute atomic E-state index is 12.7. The molecule has 0 heterocycles. The number of nitrogens with zero attached hydrogens (tertiary/aromatic N) is 1. The number of nitrogens with one attached hydrogen (secondary N) is 1. The molecular formula is C16H10ClF3N2O5. The normalized spacial score (nSPS) is 11.0. The van der Waals surface area contributed by atoms with E-state index < -0.39 is 35.1 Å². The number of anilines is 1. The molecular weight excluding hydrogens is 393 g/mol. The second-order valence-corrected chi connectivity index (χ2v) is 5.53. The Hall–Kier alpha value is -3.14. The van der Waals surface area contributed by atoms with Crippen molar-refractivity contribution in [2.45, 2.75) is 6.18 Å². The van der Waals surface area contributed by atoms with E-state index in [-0.39, 0.29) is 22.0 Å². The molecule has 1 amide bonds. The van der Waals surface area contributed by atoms with Gasteiger partial charge in [-0.15, -0.1) is 0 Å². The van der Waals surface area contributed by atoms with Crippen molar-refractivity contribution in [2.75, 3.05) is 11.9 Å². The zero-order valence-electron chi connectivity index (χ0n) is 13.2. The van der Waals surface area contributed by atoms with Crippen LogP contribution in [0.2, 0.25) is 5.02 Å². The van der Waals surface area contributed by atoms with Crippen LogP contribution in [0.4, 0.5) is 24.5 Å². The molecule has 0 aromatic heterocycles. The predicted molar refractivity (Wildman–Crippen MR) is 88.5 cm³/mol. The fraction of sp³-hybridized carbons (Fsp3) is 0.125. The van der Waals surface area contributed by atoms with E-state index in [2.05, 4.69) is 5.32 Å². The van der Waals surface area contributed by atoms with Gasteiger partial charge in [-0.2, -0.15) is 13.2 Å². The first-order chi connectivity index (χ1) is 12.6. The summed E-state index contributed by atoms with van der Waals surface area (Å²) in [5.74, 6) is -1.85. The number of rotatable bonds is 5. The van der Waals surface area contributed by atoms with Crippen LogP contribution in [-0.2, 0) is 15.7 Å². The van der Waals surface area contributed by atoms with E-state index in [4.69, 9.17) is 16.3 Å². The number of carbonyl (C=O) groups is 2. The molecule has 1 N–H and O–H groups in total. The minimum Gasteiger partial charge on any atom is -0.452 e. The standard InChI is InChI=1S/C16H10ClF3N2O5/c17-12-6-3-10(16(18,19)20)7-13(12)21-14(23)8-27-15(24)9-1-4-11(5-2-9)22(25)26/h1-7H,8H2,(H,21,23). The SMILES string of the molecule is O=C(COC(=O)c1ccc([N+](=O)[O-])cc1)Nc1cc(C(F)(F)F)ccc1Cl. The fourth-order valence-electron chi connectivity index (χ4n) is 1.92. The summed E-state index contributed by atoms with van der Waals surface area (Å²) < 4.78 is 42.8. The molecule has 0 bridgehead atoms. The van der Waals surface area contributed by atoms with E-state index in [9.17, 15) is 32.9 Å². The highest BCUT2D eigenvalue weighted by Gasteiger charge is 2.31. The Labute approximate surface area is 154 Å². The van der Waals surface area contributed by atoms with Gasteiger partial charge in [0.2, 0.25) is 0 Å². The molecule has 0 fully saturated rings. The Morgan fingerprint density at radius 1 is 1.15 bits per heavy atom. The van der Waals surface area contributed by atoms with Crippen LogP contribution in [0.5, 0.6) is 0 Å². The first-order valence-corrected chi connectivity index (χ1v) is 7.54. The van der Waals surface area contributed by atoms with Crippen LogP contribution in [0.25, 0.3) is 0 Å². The molecule has 0 unspecified atom stereocenters. The van der Waals surface area contributed by atoms with E-state index in [0.717, 1.165) is 36.4 Å². The number of halogens is 4. The van der Waals surface area contributed by atoms with Gasteiger partial charge in [-0.25, -0.2) is 4.79 Å². The van der Waals surface area contributed by atoms with E-state index in [0.29, 0.717) is 6.07 Å². The summed E-state index contributed by atoms with van der Waals surface area (Å²) in [5, 5.41) is 12.5. The topological polar surface area (TPSA) is 98.5 Å². The number of nitro benzene ring substituents is 1. The Morgan fingerprint density at radius 2 is 1.78 bits per heavy atom. The molecule has 0 atom stereocenters. The Balaban J connectivity index is 1.98. The summed E-state index contributed by atoms with van der Waals surface area (Å²) in [6, 6.07) is 6.83. The van der Waals surface area contributed by atoms with Crippen molar-refractivity contribution in [3.63, 3.8) is 0 Å². The number of benzene rings is 2. The van der Waals surface area contributed by atoms with Crippen molar-refractivity contribution < 1.29 is 32.4 Å². The van der Waals surface area contributed by atoms with Gasteiger partial charge in [-0.05, 0) is 30.3 Å². The van der Waals surface area contributed by atoms with Crippen LogP contribution < -0.4 is 5.32 Å². The van der Waals surface area contributed by atoms with Gasteiger partial charge >= 0.3 is 12.1 Å². The largest absolute Gasteiger partial charge is 0.452 e. The molecule has 0 spiro atoms. The molecule has 2 rings (SSSR count). The summed E-state index contributed by atoms with van der Waals surface area (Å²) in [4.78, 5) is 33.5. The Morgan fingerprint density at radius 3 is 2.33 bits per heavy atom. The average Bonchev–Trinajstić information content (AvgIpc) is 2.60. The number of amides is 1. The fourth-order valence-corrected chi connectivity index (χ4v) is 2.08. The Kier molecular flexibility index (Phi) is 6.01. The number of non-ortho nitro benzene ring substituents is 1. The van der Waals surface area contributed by atoms with Crippen LogP contribution in [0.15, 0.2) is 42.5 Å². The summed E-state index contributed by atoms with van der Waals surface area (Å²) in [6.45, 7) is -0.789. The highest BCUT2D eigenvalue weighted by Crippen LogP contribution is 2.33. The monoisotopic (exact) mass is 402 g/mol. The number of alkyl halides is 3. The third kappa shape index (κ3) is 5.42. The highest BCUT2D eigenvalue weighted by molar-refractivity contribution is 6.33. The highest BCUT2D eigenvalue weighted by atomic mass is 35.5. The van der Waals surface area contributed by atoms with Crippen molar-refractivity contribution in [1.82, 2.24) is 0 Å². The van der Waals surface area contributed by atoms with Gasteiger partial charge in [0, 0.05) is 12.1 Å². The van der Waals surface area contributed by atoms with Crippen LogP contribution in [-0.4, -0.2) is 23.4 Å². The molecule has 2 aromatic rings. The lowest BCUT2D eigenvalue weighted by Crippen LogP contribution is -2.21. The molecule has 0 aliphatic heterocycles. The third-order valence-corrected chi connectivity index (χ3v) is 3.55. The van der Waals surface area contributed by atoms with E-state index in [1.807, 2.05) is 0 Å². The van der Waals surface area contributed by atoms with Gasteiger partial charge in [0.25, 0.3) is 11.6 Å². The maximum atomic E-state index is 12.7. The smallest absolute Gasteiger partial charge is 0.416 e. The number of carbonyl (C=O) groups excluding carboxylic acids is 2. The quantitative estimate of drug-likeness (QED) is 0.462. The van der Waals surface area contributed by atoms with Gasteiger partial charge in [0.05, 0.1) is 26.8 Å². The van der Waals surface area contributed by atoms with Crippen LogP contribution in [0.3, 0.4) is 0 Å². The molecule has 27 heavy (non-hydrogen) atoms. The lowest BCUT2D eigenvalue weighted by atomic mass is 10.2. The average molecular weight is 403 g/mol. The minimum atomic E-state index is -4.62. The van der Waals surface area contributed by atoms with Crippen LogP contribution in [0.1, 0.15) is 15.9 Å². The molecule has 0 aliphatic carbocycles. The minimum absolute atomic E-state index is 0.0366. The first-order valence-electron chi connectivity index (χ1n) is 7.16. The first kappa shape index (κ1) is 20.2. The number of hydrogen-bond acceptors (Lipinski definition) is 5. The van der Waals surface area contributed by atoms with Gasteiger partial charge in [-0.3, -0.25) is 14.9 Å². The predicted octanol–water partition coefficient (Wildman–Crippen LogP) is 4.06. The maximum Gasteiger partial charge on any atom is 0.416 e. The lowest BCUT2D eigenvalue weighted by molar-refractivity contribution is -0.384. The molecule has 0 saturated carbocycles. The van der Waals surface area contributed by atoms with E-state index in [1.165, 1.54) is 0 Å². The second-order valence-electron chi connectivity index (χ2n) is 5.12. The summed E-state index contributed by atoms with van der Waals surface area (Å²) in [6.07, 6.45) is -4.62. The summed E-state index contributed by atoms with van der Waals surface area (Å²) in [5.41, 5.74) is -1.57. The van der Waals surface area contributed by atoms with Crippen molar-refractivity contribution in [3.8, 4) is 0 Å². The molecule has 11 heteroatoms. The number of nitro groups is 1. The van der Waals surface area contributed by atoms with E-state index in [1.54, 1.807) is 0 Å². The molecule has 7 nitrogen and oxygen atoms in total. The van der Waals surface area contributed by atoms with Gasteiger partial charge in [0.15, 0.2) is 6.61 Å². The Bertz CT molecular complexity index is 885. The van der Waals surface area contributed by atoms with Gasteiger partial charge in [0.1, 0.15) is 0 Å². The number of ether oxygens (including phenoxy) is 1. The zero-order valence-corrected chi connectivity index (χ0v) is 14.0. The van der Waals surface area contributed by atoms with Crippen LogP contribution in [0, 0.1) is 10.1 Å². The van der Waals surface area contributed by atoms with Crippen LogP contribution >= 0.6 is 11.6 Å². The van der Waals surface area contributed by atoms with Crippen molar-refractivity contribution in [3.05, 3.63) is 68.7 Å². The summed E-state index contributed by atoms with van der Waals surface area (Å²) >= 11 is 5.74. The van der Waals surface area contributed by atoms with Crippen molar-refractivity contribution in [2.24, 2.45) is 0 Å². The van der Waals surface area contributed by atoms with Crippen molar-refractivity contribution in [1.29, 1.82) is 0 Å². The molecule has 2 aromatic carbocycles. The molecule has 142 valence electrons. The van der Waals surface area contributed by atoms with Gasteiger partial charge in [-0.1, -0.05) is 11.6 Å². The third-order valence-electron chi connectivity index (χ3n) is 3.22. The number of esters is 1. The molecule has 0 saturated heterocycles. The summed E-state index contributed by atoms with van der Waals surface area (Å²) in [7, 11) is 0. The van der Waals surface area contributed by atoms with Crippen molar-refractivity contribution >= 4 is 34.9 Å². The van der Waals surface area contributed by atoms with Gasteiger partial charge < -0.3 is 10.1 Å². The molecule has 0 aliphatic rings. The number of hydrogen-bond donors (Lipinski definition) is 1.